The topological polar surface area (TPSA) is 119 Å². The van der Waals surface area contributed by atoms with Crippen molar-refractivity contribution >= 4 is 28.2 Å². The van der Waals surface area contributed by atoms with E-state index in [9.17, 15) is 19.1 Å². The molecule has 19 heavy (non-hydrogen) atoms. The van der Waals surface area contributed by atoms with Gasteiger partial charge in [0.2, 0.25) is 0 Å². The van der Waals surface area contributed by atoms with Crippen molar-refractivity contribution in [2.24, 2.45) is 0 Å². The van der Waals surface area contributed by atoms with E-state index in [0.717, 1.165) is 6.20 Å². The molecule has 0 aromatic carbocycles. The molecule has 9 heteroatoms. The standard InChI is InChI=1S/C10H12N4O4S/c11-9-5-7(8(6-12-9)14(16)17)10(15)13-1-3-19(18)4-2-13/h5-6H,1-4H2,(H2,11,12). The zero-order valence-electron chi connectivity index (χ0n) is 9.94. The van der Waals surface area contributed by atoms with E-state index in [0.29, 0.717) is 24.6 Å². The second-order valence-corrected chi connectivity index (χ2v) is 5.72. The van der Waals surface area contributed by atoms with Crippen LogP contribution in [0.3, 0.4) is 0 Å². The molecule has 1 aromatic heterocycles. The van der Waals surface area contributed by atoms with Crippen molar-refractivity contribution in [3.05, 3.63) is 27.9 Å². The quantitative estimate of drug-likeness (QED) is 0.592. The number of hydrogen-bond donors (Lipinski definition) is 1. The first-order valence-corrected chi connectivity index (χ1v) is 7.02. The van der Waals surface area contributed by atoms with Crippen molar-refractivity contribution in [3.8, 4) is 0 Å². The third-order valence-corrected chi connectivity index (χ3v) is 4.07. The predicted molar refractivity (Wildman–Crippen MR) is 69.1 cm³/mol. The Morgan fingerprint density at radius 2 is 2.11 bits per heavy atom. The van der Waals surface area contributed by atoms with Crippen LogP contribution in [0.2, 0.25) is 0 Å². The molecule has 1 aromatic rings. The van der Waals surface area contributed by atoms with Gasteiger partial charge >= 0.3 is 0 Å². The zero-order chi connectivity index (χ0) is 14.0. The highest BCUT2D eigenvalue weighted by Gasteiger charge is 2.27. The number of nitro groups is 1. The Kier molecular flexibility index (Phi) is 3.74. The second kappa shape index (κ2) is 5.31. The summed E-state index contributed by atoms with van der Waals surface area (Å²) in [5.41, 5.74) is 5.02. The summed E-state index contributed by atoms with van der Waals surface area (Å²) in [6.45, 7) is 0.648. The number of amides is 1. The van der Waals surface area contributed by atoms with Crippen LogP contribution in [0.1, 0.15) is 10.4 Å². The van der Waals surface area contributed by atoms with E-state index >= 15 is 0 Å². The molecule has 1 saturated heterocycles. The molecule has 1 fully saturated rings. The highest BCUT2D eigenvalue weighted by Crippen LogP contribution is 2.21. The summed E-state index contributed by atoms with van der Waals surface area (Å²) in [6, 6.07) is 1.20. The SMILES string of the molecule is Nc1cc(C(=O)N2CCS(=O)CC2)c([N+](=O)[O-])cn1. The lowest BCUT2D eigenvalue weighted by Crippen LogP contribution is -2.42. The van der Waals surface area contributed by atoms with Crippen molar-refractivity contribution in [1.29, 1.82) is 0 Å². The Labute approximate surface area is 111 Å². The van der Waals surface area contributed by atoms with Crippen molar-refractivity contribution < 1.29 is 13.9 Å². The first kappa shape index (κ1) is 13.4. The van der Waals surface area contributed by atoms with E-state index in [-0.39, 0.29) is 17.1 Å². The van der Waals surface area contributed by atoms with E-state index in [2.05, 4.69) is 4.98 Å². The lowest BCUT2D eigenvalue weighted by molar-refractivity contribution is -0.385. The van der Waals surface area contributed by atoms with Crippen LogP contribution in [0.4, 0.5) is 11.5 Å². The minimum absolute atomic E-state index is 0.0505. The number of carbonyl (C=O) groups is 1. The van der Waals surface area contributed by atoms with Crippen molar-refractivity contribution in [2.75, 3.05) is 30.3 Å². The summed E-state index contributed by atoms with van der Waals surface area (Å²) in [5, 5.41) is 10.9. The number of anilines is 1. The summed E-state index contributed by atoms with van der Waals surface area (Å²) in [7, 11) is -0.917. The fraction of sp³-hybridized carbons (Fsp3) is 0.400. The Bertz CT molecular complexity index is 552. The average molecular weight is 284 g/mol. The van der Waals surface area contributed by atoms with Crippen LogP contribution < -0.4 is 5.73 Å². The Balaban J connectivity index is 2.30. The molecule has 2 N–H and O–H groups in total. The second-order valence-electron chi connectivity index (χ2n) is 4.02. The summed E-state index contributed by atoms with van der Waals surface area (Å²) >= 11 is 0. The molecule has 2 rings (SSSR count). The first-order valence-electron chi connectivity index (χ1n) is 5.53. The van der Waals surface area contributed by atoms with Crippen LogP contribution in [0.15, 0.2) is 12.3 Å². The van der Waals surface area contributed by atoms with Crippen LogP contribution in [0.5, 0.6) is 0 Å². The van der Waals surface area contributed by atoms with Gasteiger partial charge in [-0.05, 0) is 6.07 Å². The molecular weight excluding hydrogens is 272 g/mol. The number of pyridine rings is 1. The van der Waals surface area contributed by atoms with Crippen LogP contribution >= 0.6 is 0 Å². The van der Waals surface area contributed by atoms with Crippen LogP contribution in [0.25, 0.3) is 0 Å². The third kappa shape index (κ3) is 2.87. The molecular formula is C10H12N4O4S. The number of nitrogen functional groups attached to an aromatic ring is 1. The predicted octanol–water partition coefficient (Wildman–Crippen LogP) is -0.223. The summed E-state index contributed by atoms with van der Waals surface area (Å²) in [6.07, 6.45) is 0.977. The smallest absolute Gasteiger partial charge is 0.300 e. The molecule has 0 saturated carbocycles. The number of rotatable bonds is 2. The van der Waals surface area contributed by atoms with Gasteiger partial charge in [0.25, 0.3) is 11.6 Å². The number of aromatic nitrogens is 1. The highest BCUT2D eigenvalue weighted by atomic mass is 32.2. The lowest BCUT2D eigenvalue weighted by atomic mass is 10.2. The molecule has 8 nitrogen and oxygen atoms in total. The Morgan fingerprint density at radius 3 is 2.68 bits per heavy atom. The molecule has 1 amide bonds. The van der Waals surface area contributed by atoms with Crippen LogP contribution in [-0.4, -0.2) is 49.5 Å². The fourth-order valence-corrected chi connectivity index (χ4v) is 2.84. The van der Waals surface area contributed by atoms with Gasteiger partial charge in [0.15, 0.2) is 0 Å². The number of nitrogens with two attached hydrogens (primary N) is 1. The molecule has 0 bridgehead atoms. The van der Waals surface area contributed by atoms with Gasteiger partial charge in [0.05, 0.1) is 4.92 Å². The van der Waals surface area contributed by atoms with E-state index in [4.69, 9.17) is 5.73 Å². The minimum atomic E-state index is -0.917. The molecule has 0 unspecified atom stereocenters. The van der Waals surface area contributed by atoms with E-state index < -0.39 is 21.6 Å². The van der Waals surface area contributed by atoms with Gasteiger partial charge in [-0.15, -0.1) is 0 Å². The third-order valence-electron chi connectivity index (χ3n) is 2.80. The molecule has 0 atom stereocenters. The van der Waals surface area contributed by atoms with Crippen LogP contribution in [0, 0.1) is 10.1 Å². The van der Waals surface area contributed by atoms with Crippen molar-refractivity contribution in [3.63, 3.8) is 0 Å². The summed E-state index contributed by atoms with van der Waals surface area (Å²) in [4.78, 5) is 27.5. The minimum Gasteiger partial charge on any atom is -0.384 e. The summed E-state index contributed by atoms with van der Waals surface area (Å²) < 4.78 is 11.2. The molecule has 0 spiro atoms. The monoisotopic (exact) mass is 284 g/mol. The average Bonchev–Trinajstić information content (AvgIpc) is 2.38. The van der Waals surface area contributed by atoms with Gasteiger partial charge in [-0.1, -0.05) is 0 Å². The van der Waals surface area contributed by atoms with Gasteiger partial charge in [0, 0.05) is 35.4 Å². The highest BCUT2D eigenvalue weighted by molar-refractivity contribution is 7.85. The Morgan fingerprint density at radius 1 is 1.47 bits per heavy atom. The molecule has 0 radical (unpaired) electrons. The first-order chi connectivity index (χ1) is 8.99. The van der Waals surface area contributed by atoms with Crippen molar-refractivity contribution in [1.82, 2.24) is 9.88 Å². The van der Waals surface area contributed by atoms with Gasteiger partial charge in [-0.3, -0.25) is 19.1 Å². The molecule has 1 aliphatic heterocycles. The molecule has 1 aliphatic rings. The Hall–Kier alpha value is -2.03. The van der Waals surface area contributed by atoms with E-state index in [1.807, 2.05) is 0 Å². The number of nitrogens with zero attached hydrogens (tertiary/aromatic N) is 3. The van der Waals surface area contributed by atoms with Gasteiger partial charge in [-0.2, -0.15) is 0 Å². The van der Waals surface area contributed by atoms with Crippen molar-refractivity contribution in [2.45, 2.75) is 0 Å². The molecule has 2 heterocycles. The maximum Gasteiger partial charge on any atom is 0.300 e. The van der Waals surface area contributed by atoms with E-state index in [1.165, 1.54) is 11.0 Å². The summed E-state index contributed by atoms with van der Waals surface area (Å²) in [5.74, 6) is 0.354. The van der Waals surface area contributed by atoms with Gasteiger partial charge < -0.3 is 10.6 Å². The number of hydrogen-bond acceptors (Lipinski definition) is 6. The zero-order valence-corrected chi connectivity index (χ0v) is 10.8. The largest absolute Gasteiger partial charge is 0.384 e. The maximum absolute atomic E-state index is 12.2. The lowest BCUT2D eigenvalue weighted by Gasteiger charge is -2.26. The molecule has 102 valence electrons. The van der Waals surface area contributed by atoms with Crippen LogP contribution in [-0.2, 0) is 10.8 Å². The maximum atomic E-state index is 12.2. The fourth-order valence-electron chi connectivity index (χ4n) is 1.79. The number of carbonyl (C=O) groups excluding carboxylic acids is 1. The van der Waals surface area contributed by atoms with E-state index in [1.54, 1.807) is 0 Å². The van der Waals surface area contributed by atoms with Gasteiger partial charge in [0.1, 0.15) is 17.6 Å². The molecule has 0 aliphatic carbocycles. The van der Waals surface area contributed by atoms with Gasteiger partial charge in [-0.25, -0.2) is 4.98 Å². The normalized spacial score (nSPS) is 16.3.